The van der Waals surface area contributed by atoms with Crippen molar-refractivity contribution in [2.45, 2.75) is 25.4 Å². The van der Waals surface area contributed by atoms with Crippen LogP contribution < -0.4 is 10.6 Å². The van der Waals surface area contributed by atoms with Gasteiger partial charge in [0, 0.05) is 44.5 Å². The van der Waals surface area contributed by atoms with Crippen LogP contribution in [-0.4, -0.2) is 52.6 Å². The number of H-pyrrole nitrogens is 1. The van der Waals surface area contributed by atoms with Crippen LogP contribution in [0, 0.1) is 0 Å². The summed E-state index contributed by atoms with van der Waals surface area (Å²) in [5.41, 5.74) is 2.11. The Hall–Kier alpha value is -2.67. The average molecular weight is 341 g/mol. The van der Waals surface area contributed by atoms with E-state index in [4.69, 9.17) is 0 Å². The quantitative estimate of drug-likeness (QED) is 0.682. The van der Waals surface area contributed by atoms with Gasteiger partial charge in [0.2, 0.25) is 11.8 Å². The number of nitrogens with zero attached hydrogens (tertiary/aromatic N) is 2. The maximum Gasteiger partial charge on any atom is 0.237 e. The number of carbonyl (C=O) groups is 2. The molecule has 1 aliphatic rings. The number of benzene rings is 1. The van der Waals surface area contributed by atoms with Crippen LogP contribution in [0.1, 0.15) is 17.7 Å². The highest BCUT2D eigenvalue weighted by molar-refractivity contribution is 5.88. The number of carbonyl (C=O) groups excluding carboxylic acids is 2. The van der Waals surface area contributed by atoms with Crippen molar-refractivity contribution in [2.75, 3.05) is 19.6 Å². The van der Waals surface area contributed by atoms with Crippen LogP contribution in [0.2, 0.25) is 0 Å². The molecule has 7 heteroatoms. The van der Waals surface area contributed by atoms with Crippen molar-refractivity contribution < 1.29 is 9.59 Å². The lowest BCUT2D eigenvalue weighted by atomic mass is 10.1. The first-order valence-corrected chi connectivity index (χ1v) is 8.53. The Morgan fingerprint density at radius 3 is 2.88 bits per heavy atom. The van der Waals surface area contributed by atoms with E-state index >= 15 is 0 Å². The van der Waals surface area contributed by atoms with Gasteiger partial charge in [-0.25, -0.2) is 0 Å². The van der Waals surface area contributed by atoms with E-state index in [0.29, 0.717) is 26.1 Å². The molecule has 3 rings (SSSR count). The molecule has 25 heavy (non-hydrogen) atoms. The molecule has 7 nitrogen and oxygen atoms in total. The molecule has 1 aromatic carbocycles. The Bertz CT molecular complexity index is 687. The van der Waals surface area contributed by atoms with Gasteiger partial charge in [-0.1, -0.05) is 30.3 Å². The molecule has 2 aromatic rings. The first-order chi connectivity index (χ1) is 12.2. The van der Waals surface area contributed by atoms with Crippen LogP contribution in [0.15, 0.2) is 42.6 Å². The number of rotatable bonds is 7. The van der Waals surface area contributed by atoms with Crippen LogP contribution in [0.3, 0.4) is 0 Å². The van der Waals surface area contributed by atoms with E-state index in [9.17, 15) is 9.59 Å². The fourth-order valence-electron chi connectivity index (χ4n) is 3.00. The molecule has 1 fully saturated rings. The lowest BCUT2D eigenvalue weighted by Gasteiger charge is -2.34. The monoisotopic (exact) mass is 341 g/mol. The van der Waals surface area contributed by atoms with Crippen molar-refractivity contribution in [3.63, 3.8) is 0 Å². The molecule has 2 heterocycles. The third kappa shape index (κ3) is 4.90. The molecule has 0 saturated carbocycles. The van der Waals surface area contributed by atoms with E-state index in [1.54, 1.807) is 6.20 Å². The Morgan fingerprint density at radius 2 is 2.12 bits per heavy atom. The minimum absolute atomic E-state index is 0.0779. The highest BCUT2D eigenvalue weighted by atomic mass is 16.2. The number of hydrogen-bond donors (Lipinski definition) is 3. The van der Waals surface area contributed by atoms with Gasteiger partial charge in [0.1, 0.15) is 0 Å². The van der Waals surface area contributed by atoms with Crippen molar-refractivity contribution in [1.82, 2.24) is 25.7 Å². The largest absolute Gasteiger partial charge is 0.356 e. The molecule has 1 saturated heterocycles. The average Bonchev–Trinajstić information content (AvgIpc) is 3.12. The zero-order valence-corrected chi connectivity index (χ0v) is 14.1. The number of piperazine rings is 1. The molecular formula is C18H23N5O2. The molecule has 2 amide bonds. The standard InChI is InChI=1S/C18H23N5O2/c24-17(19-8-6-15-7-9-21-22-15)12-16-18(25)20-10-11-23(16)13-14-4-2-1-3-5-14/h1-5,7,9,16H,6,8,10-13H2,(H,19,24)(H,20,25)(H,21,22)/t16-/m1/s1. The Morgan fingerprint density at radius 1 is 1.28 bits per heavy atom. The van der Waals surface area contributed by atoms with Gasteiger partial charge in [-0.15, -0.1) is 0 Å². The van der Waals surface area contributed by atoms with Gasteiger partial charge in [-0.2, -0.15) is 5.10 Å². The first kappa shape index (κ1) is 17.2. The summed E-state index contributed by atoms with van der Waals surface area (Å²) in [6, 6.07) is 11.5. The SMILES string of the molecule is O=C(C[C@@H]1C(=O)NCCN1Cc1ccccc1)NCCc1ccn[nH]1. The predicted octanol–water partition coefficient (Wildman–Crippen LogP) is 0.459. The number of aromatic nitrogens is 2. The third-order valence-corrected chi connectivity index (χ3v) is 4.32. The predicted molar refractivity (Wildman–Crippen MR) is 93.6 cm³/mol. The van der Waals surface area contributed by atoms with E-state index < -0.39 is 6.04 Å². The van der Waals surface area contributed by atoms with Crippen molar-refractivity contribution in [3.8, 4) is 0 Å². The Kier molecular flexibility index (Phi) is 5.79. The van der Waals surface area contributed by atoms with Crippen LogP contribution >= 0.6 is 0 Å². The number of aromatic amines is 1. The normalized spacial score (nSPS) is 17.9. The molecular weight excluding hydrogens is 318 g/mol. The van der Waals surface area contributed by atoms with E-state index in [0.717, 1.165) is 17.8 Å². The van der Waals surface area contributed by atoms with Gasteiger partial charge in [0.05, 0.1) is 12.5 Å². The summed E-state index contributed by atoms with van der Waals surface area (Å²) in [5, 5.41) is 12.5. The summed E-state index contributed by atoms with van der Waals surface area (Å²) in [4.78, 5) is 26.6. The van der Waals surface area contributed by atoms with E-state index in [1.807, 2.05) is 36.4 Å². The maximum absolute atomic E-state index is 12.2. The van der Waals surface area contributed by atoms with Gasteiger partial charge in [-0.3, -0.25) is 19.6 Å². The molecule has 1 aromatic heterocycles. The minimum Gasteiger partial charge on any atom is -0.356 e. The summed E-state index contributed by atoms with van der Waals surface area (Å²) < 4.78 is 0. The second-order valence-electron chi connectivity index (χ2n) is 6.15. The van der Waals surface area contributed by atoms with Crippen molar-refractivity contribution in [3.05, 3.63) is 53.9 Å². The summed E-state index contributed by atoms with van der Waals surface area (Å²) in [7, 11) is 0. The zero-order chi connectivity index (χ0) is 17.5. The molecule has 0 unspecified atom stereocenters. The van der Waals surface area contributed by atoms with Crippen molar-refractivity contribution >= 4 is 11.8 Å². The third-order valence-electron chi connectivity index (χ3n) is 4.32. The Labute approximate surface area is 146 Å². The van der Waals surface area contributed by atoms with Crippen molar-refractivity contribution in [2.24, 2.45) is 0 Å². The second-order valence-corrected chi connectivity index (χ2v) is 6.15. The first-order valence-electron chi connectivity index (χ1n) is 8.53. The number of amides is 2. The van der Waals surface area contributed by atoms with E-state index in [2.05, 4.69) is 25.7 Å². The van der Waals surface area contributed by atoms with Crippen LogP contribution in [0.25, 0.3) is 0 Å². The minimum atomic E-state index is -0.430. The molecule has 1 atom stereocenters. The van der Waals surface area contributed by atoms with Crippen LogP contribution in [0.5, 0.6) is 0 Å². The Balaban J connectivity index is 1.53. The lowest BCUT2D eigenvalue weighted by Crippen LogP contribution is -2.56. The lowest BCUT2D eigenvalue weighted by molar-refractivity contribution is -0.134. The molecule has 3 N–H and O–H groups in total. The second kappa shape index (κ2) is 8.43. The summed E-state index contributed by atoms with van der Waals surface area (Å²) in [6.07, 6.45) is 2.54. The smallest absolute Gasteiger partial charge is 0.237 e. The molecule has 0 bridgehead atoms. The van der Waals surface area contributed by atoms with Gasteiger partial charge >= 0.3 is 0 Å². The highest BCUT2D eigenvalue weighted by Crippen LogP contribution is 2.13. The molecule has 0 spiro atoms. The van der Waals surface area contributed by atoms with Gasteiger partial charge in [-0.05, 0) is 11.6 Å². The summed E-state index contributed by atoms with van der Waals surface area (Å²) in [6.45, 7) is 2.55. The summed E-state index contributed by atoms with van der Waals surface area (Å²) >= 11 is 0. The number of hydrogen-bond acceptors (Lipinski definition) is 4. The highest BCUT2D eigenvalue weighted by Gasteiger charge is 2.31. The van der Waals surface area contributed by atoms with Crippen molar-refractivity contribution in [1.29, 1.82) is 0 Å². The van der Waals surface area contributed by atoms with E-state index in [1.165, 1.54) is 0 Å². The summed E-state index contributed by atoms with van der Waals surface area (Å²) in [5.74, 6) is -0.189. The molecule has 0 aliphatic carbocycles. The number of nitrogens with one attached hydrogen (secondary N) is 3. The van der Waals surface area contributed by atoms with Gasteiger partial charge in [0.15, 0.2) is 0 Å². The molecule has 132 valence electrons. The van der Waals surface area contributed by atoms with Crippen LogP contribution in [0.4, 0.5) is 0 Å². The van der Waals surface area contributed by atoms with Gasteiger partial charge in [0.25, 0.3) is 0 Å². The van der Waals surface area contributed by atoms with Crippen LogP contribution in [-0.2, 0) is 22.6 Å². The fourth-order valence-corrected chi connectivity index (χ4v) is 3.00. The topological polar surface area (TPSA) is 90.1 Å². The van der Waals surface area contributed by atoms with Gasteiger partial charge < -0.3 is 10.6 Å². The molecule has 0 radical (unpaired) electrons. The maximum atomic E-state index is 12.2. The zero-order valence-electron chi connectivity index (χ0n) is 14.1. The fraction of sp³-hybridized carbons (Fsp3) is 0.389. The molecule has 1 aliphatic heterocycles. The van der Waals surface area contributed by atoms with E-state index in [-0.39, 0.29) is 18.2 Å².